The molecule has 1 atom stereocenters. The van der Waals surface area contributed by atoms with E-state index in [4.69, 9.17) is 0 Å². The molecule has 6 nitrogen and oxygen atoms in total. The second kappa shape index (κ2) is 11.0. The van der Waals surface area contributed by atoms with Gasteiger partial charge in [0.1, 0.15) is 0 Å². The Morgan fingerprint density at radius 1 is 0.929 bits per heavy atom. The highest BCUT2D eigenvalue weighted by atomic mass is 16.2. The SMILES string of the molecule is C[C@@H](CCNC(=O)CC1CCN(C(=O)NC2CCCCC2)CC1)N1CCCC1. The van der Waals surface area contributed by atoms with Gasteiger partial charge in [-0.15, -0.1) is 0 Å². The Kier molecular flexibility index (Phi) is 8.44. The molecule has 3 aliphatic rings. The van der Waals surface area contributed by atoms with Gasteiger partial charge in [0.05, 0.1) is 0 Å². The molecule has 0 spiro atoms. The molecule has 0 aromatic rings. The molecule has 0 aromatic carbocycles. The Bertz CT molecular complexity index is 493. The van der Waals surface area contributed by atoms with Crippen LogP contribution in [0.2, 0.25) is 0 Å². The van der Waals surface area contributed by atoms with Gasteiger partial charge in [0.25, 0.3) is 0 Å². The maximum atomic E-state index is 12.4. The number of nitrogens with one attached hydrogen (secondary N) is 2. The smallest absolute Gasteiger partial charge is 0.317 e. The largest absolute Gasteiger partial charge is 0.356 e. The molecule has 3 fully saturated rings. The van der Waals surface area contributed by atoms with E-state index in [1.165, 1.54) is 45.2 Å². The van der Waals surface area contributed by atoms with Gasteiger partial charge in [-0.1, -0.05) is 19.3 Å². The van der Waals surface area contributed by atoms with Crippen LogP contribution in [0.4, 0.5) is 4.79 Å². The molecular weight excluding hydrogens is 352 g/mol. The maximum Gasteiger partial charge on any atom is 0.317 e. The van der Waals surface area contributed by atoms with Crippen molar-refractivity contribution in [1.82, 2.24) is 20.4 Å². The van der Waals surface area contributed by atoms with Gasteiger partial charge in [0.2, 0.25) is 5.91 Å². The zero-order valence-electron chi connectivity index (χ0n) is 17.8. The van der Waals surface area contributed by atoms with Crippen molar-refractivity contribution in [3.05, 3.63) is 0 Å². The van der Waals surface area contributed by atoms with Crippen LogP contribution in [0, 0.1) is 5.92 Å². The highest BCUT2D eigenvalue weighted by molar-refractivity contribution is 5.76. The second-order valence-corrected chi connectivity index (χ2v) is 9.15. The van der Waals surface area contributed by atoms with Crippen LogP contribution in [0.3, 0.4) is 0 Å². The van der Waals surface area contributed by atoms with Crippen molar-refractivity contribution in [1.29, 1.82) is 0 Å². The molecule has 2 saturated heterocycles. The van der Waals surface area contributed by atoms with Gasteiger partial charge in [0, 0.05) is 38.1 Å². The number of rotatable bonds is 7. The van der Waals surface area contributed by atoms with Crippen molar-refractivity contribution >= 4 is 11.9 Å². The number of amides is 3. The summed E-state index contributed by atoms with van der Waals surface area (Å²) in [4.78, 5) is 29.2. The molecule has 28 heavy (non-hydrogen) atoms. The fourth-order valence-electron chi connectivity index (χ4n) is 4.97. The van der Waals surface area contributed by atoms with Crippen molar-refractivity contribution in [3.63, 3.8) is 0 Å². The summed E-state index contributed by atoms with van der Waals surface area (Å²) in [5.74, 6) is 0.591. The fourth-order valence-corrected chi connectivity index (χ4v) is 4.97. The minimum absolute atomic E-state index is 0.103. The molecule has 1 aliphatic carbocycles. The summed E-state index contributed by atoms with van der Waals surface area (Å²) in [7, 11) is 0. The van der Waals surface area contributed by atoms with Gasteiger partial charge in [-0.2, -0.15) is 0 Å². The summed E-state index contributed by atoms with van der Waals surface area (Å²) < 4.78 is 0. The molecule has 0 radical (unpaired) electrons. The molecule has 6 heteroatoms. The van der Waals surface area contributed by atoms with Crippen LogP contribution in [0.25, 0.3) is 0 Å². The average Bonchev–Trinajstić information content (AvgIpc) is 3.24. The Labute approximate surface area is 170 Å². The van der Waals surface area contributed by atoms with Crippen molar-refractivity contribution in [2.75, 3.05) is 32.7 Å². The van der Waals surface area contributed by atoms with Crippen molar-refractivity contribution in [2.24, 2.45) is 5.92 Å². The van der Waals surface area contributed by atoms with E-state index in [9.17, 15) is 9.59 Å². The summed E-state index contributed by atoms with van der Waals surface area (Å²) in [6.45, 7) is 7.03. The van der Waals surface area contributed by atoms with Crippen LogP contribution in [-0.2, 0) is 4.79 Å². The van der Waals surface area contributed by atoms with Crippen LogP contribution in [0.5, 0.6) is 0 Å². The van der Waals surface area contributed by atoms with Gasteiger partial charge in [0.15, 0.2) is 0 Å². The van der Waals surface area contributed by atoms with Gasteiger partial charge in [-0.05, 0) is 70.9 Å². The Balaban J connectivity index is 1.27. The molecule has 2 aliphatic heterocycles. The first-order valence-electron chi connectivity index (χ1n) is 11.7. The highest BCUT2D eigenvalue weighted by Crippen LogP contribution is 2.22. The Morgan fingerprint density at radius 3 is 2.29 bits per heavy atom. The summed E-state index contributed by atoms with van der Waals surface area (Å²) in [5, 5.41) is 6.32. The predicted molar refractivity (Wildman–Crippen MR) is 112 cm³/mol. The Hall–Kier alpha value is -1.30. The lowest BCUT2D eigenvalue weighted by atomic mass is 9.93. The number of likely N-dealkylation sites (tertiary alicyclic amines) is 2. The number of carbonyl (C=O) groups excluding carboxylic acids is 2. The molecule has 0 unspecified atom stereocenters. The Morgan fingerprint density at radius 2 is 1.61 bits per heavy atom. The van der Waals surface area contributed by atoms with Crippen LogP contribution in [0.1, 0.15) is 77.6 Å². The lowest BCUT2D eigenvalue weighted by molar-refractivity contribution is -0.122. The molecule has 3 amide bonds. The minimum atomic E-state index is 0.103. The van der Waals surface area contributed by atoms with Gasteiger partial charge >= 0.3 is 6.03 Å². The van der Waals surface area contributed by atoms with E-state index in [-0.39, 0.29) is 11.9 Å². The number of piperidine rings is 1. The average molecular weight is 393 g/mol. The number of hydrogen-bond acceptors (Lipinski definition) is 3. The number of carbonyl (C=O) groups is 2. The van der Waals surface area contributed by atoms with E-state index >= 15 is 0 Å². The molecule has 2 heterocycles. The third-order valence-corrected chi connectivity index (χ3v) is 6.96. The summed E-state index contributed by atoms with van der Waals surface area (Å²) >= 11 is 0. The monoisotopic (exact) mass is 392 g/mol. The molecule has 160 valence electrons. The first-order valence-corrected chi connectivity index (χ1v) is 11.7. The van der Waals surface area contributed by atoms with Crippen molar-refractivity contribution < 1.29 is 9.59 Å². The number of hydrogen-bond donors (Lipinski definition) is 2. The molecule has 0 bridgehead atoms. The zero-order chi connectivity index (χ0) is 19.8. The van der Waals surface area contributed by atoms with E-state index in [2.05, 4.69) is 22.5 Å². The van der Waals surface area contributed by atoms with Crippen LogP contribution in [0.15, 0.2) is 0 Å². The summed E-state index contributed by atoms with van der Waals surface area (Å²) in [5.41, 5.74) is 0. The summed E-state index contributed by atoms with van der Waals surface area (Å²) in [6, 6.07) is 1.03. The van der Waals surface area contributed by atoms with Crippen LogP contribution >= 0.6 is 0 Å². The zero-order valence-corrected chi connectivity index (χ0v) is 17.8. The highest BCUT2D eigenvalue weighted by Gasteiger charge is 2.26. The lowest BCUT2D eigenvalue weighted by Gasteiger charge is -2.33. The predicted octanol–water partition coefficient (Wildman–Crippen LogP) is 3.12. The topological polar surface area (TPSA) is 64.7 Å². The fraction of sp³-hybridized carbons (Fsp3) is 0.909. The standard InChI is InChI=1S/C22H40N4O2/c1-18(25-13-5-6-14-25)9-12-23-21(27)17-19-10-15-26(16-11-19)22(28)24-20-7-3-2-4-8-20/h18-20H,2-17H2,1H3,(H,23,27)(H,24,28)/t18-/m0/s1. The molecule has 2 N–H and O–H groups in total. The normalized spacial score (nSPS) is 23.5. The van der Waals surface area contributed by atoms with E-state index in [0.29, 0.717) is 24.4 Å². The lowest BCUT2D eigenvalue weighted by Crippen LogP contribution is -2.48. The first-order chi connectivity index (χ1) is 13.6. The quantitative estimate of drug-likeness (QED) is 0.700. The molecule has 3 rings (SSSR count). The first kappa shape index (κ1) is 21.4. The van der Waals surface area contributed by atoms with Gasteiger partial charge < -0.3 is 20.4 Å². The summed E-state index contributed by atoms with van der Waals surface area (Å²) in [6.07, 6.45) is 12.2. The second-order valence-electron chi connectivity index (χ2n) is 9.15. The minimum Gasteiger partial charge on any atom is -0.356 e. The molecule has 0 aromatic heterocycles. The van der Waals surface area contributed by atoms with Crippen molar-refractivity contribution in [3.8, 4) is 0 Å². The third kappa shape index (κ3) is 6.64. The van der Waals surface area contributed by atoms with E-state index < -0.39 is 0 Å². The van der Waals surface area contributed by atoms with Crippen LogP contribution in [-0.4, -0.2) is 66.5 Å². The van der Waals surface area contributed by atoms with Gasteiger partial charge in [-0.25, -0.2) is 4.79 Å². The van der Waals surface area contributed by atoms with Gasteiger partial charge in [-0.3, -0.25) is 4.79 Å². The number of nitrogens with zero attached hydrogens (tertiary/aromatic N) is 2. The molecule has 1 saturated carbocycles. The third-order valence-electron chi connectivity index (χ3n) is 6.96. The van der Waals surface area contributed by atoms with Crippen molar-refractivity contribution in [2.45, 2.75) is 89.6 Å². The van der Waals surface area contributed by atoms with Crippen LogP contribution < -0.4 is 10.6 Å². The molecular formula is C22H40N4O2. The van der Waals surface area contributed by atoms with E-state index in [0.717, 1.165) is 51.7 Å². The van der Waals surface area contributed by atoms with E-state index in [1.54, 1.807) is 0 Å². The number of urea groups is 1. The maximum absolute atomic E-state index is 12.4. The van der Waals surface area contributed by atoms with E-state index in [1.807, 2.05) is 4.90 Å².